The Morgan fingerprint density at radius 3 is 2.38 bits per heavy atom. The minimum atomic E-state index is -0.440. The van der Waals surface area contributed by atoms with Gasteiger partial charge in [0.2, 0.25) is 11.8 Å². The number of carbonyl (C=O) groups is 2. The highest BCUT2D eigenvalue weighted by Gasteiger charge is 2.27. The van der Waals surface area contributed by atoms with Crippen LogP contribution in [0.4, 0.5) is 0 Å². The fraction of sp³-hybridized carbons (Fsp3) is 0.462. The van der Waals surface area contributed by atoms with E-state index in [0.29, 0.717) is 25.3 Å². The van der Waals surface area contributed by atoms with Gasteiger partial charge in [0.1, 0.15) is 11.8 Å². The number of nitrogens with one attached hydrogen (secondary N) is 1. The molecule has 1 N–H and O–H groups in total. The van der Waals surface area contributed by atoms with Crippen molar-refractivity contribution in [2.24, 2.45) is 0 Å². The van der Waals surface area contributed by atoms with E-state index in [2.05, 4.69) is 24.4 Å². The highest BCUT2D eigenvalue weighted by atomic mass is 32.2. The molecule has 2 aromatic carbocycles. The van der Waals surface area contributed by atoms with Crippen molar-refractivity contribution in [2.45, 2.75) is 51.3 Å². The van der Waals surface area contributed by atoms with Crippen molar-refractivity contribution >= 4 is 23.6 Å². The maximum atomic E-state index is 13.2. The van der Waals surface area contributed by atoms with E-state index in [1.54, 1.807) is 23.8 Å². The normalized spacial score (nSPS) is 11.6. The summed E-state index contributed by atoms with van der Waals surface area (Å²) in [5.74, 6) is 1.86. The number of nitrogens with zero attached hydrogens (tertiary/aromatic N) is 1. The summed E-state index contributed by atoms with van der Waals surface area (Å²) >= 11 is 1.58. The molecule has 0 aliphatic rings. The molecule has 2 amide bonds. The zero-order valence-electron chi connectivity index (χ0n) is 19.5. The number of hydrogen-bond acceptors (Lipinski definition) is 4. The van der Waals surface area contributed by atoms with Gasteiger partial charge in [0.25, 0.3) is 0 Å². The van der Waals surface area contributed by atoms with Crippen molar-refractivity contribution in [3.63, 3.8) is 0 Å². The molecule has 0 saturated heterocycles. The van der Waals surface area contributed by atoms with E-state index in [-0.39, 0.29) is 11.8 Å². The molecule has 2 aromatic rings. The van der Waals surface area contributed by atoms with Gasteiger partial charge in [0.15, 0.2) is 0 Å². The second kappa shape index (κ2) is 14.6. The predicted octanol–water partition coefficient (Wildman–Crippen LogP) is 4.69. The van der Waals surface area contributed by atoms with Crippen LogP contribution in [-0.4, -0.2) is 48.7 Å². The molecule has 0 aliphatic heterocycles. The standard InChI is InChI=1S/C26H36N2O3S/c1-4-6-17-27-26(30)24(5-2)28(18-16-21-10-8-7-9-11-21)25(29)20-32-19-22-12-14-23(31-3)15-13-22/h7-15,24H,4-6,16-20H2,1-3H3,(H,27,30)/t24-/m1/s1. The zero-order chi connectivity index (χ0) is 23.2. The third-order valence-corrected chi connectivity index (χ3v) is 6.34. The molecule has 5 nitrogen and oxygen atoms in total. The SMILES string of the molecule is CCCCNC(=O)[C@@H](CC)N(CCc1ccccc1)C(=O)CSCc1ccc(OC)cc1. The van der Waals surface area contributed by atoms with Gasteiger partial charge in [-0.05, 0) is 42.5 Å². The summed E-state index contributed by atoms with van der Waals surface area (Å²) in [5, 5.41) is 3.01. The Kier molecular flexibility index (Phi) is 11.7. The number of carbonyl (C=O) groups excluding carboxylic acids is 2. The summed E-state index contributed by atoms with van der Waals surface area (Å²) in [4.78, 5) is 27.8. The lowest BCUT2D eigenvalue weighted by molar-refractivity contribution is -0.138. The summed E-state index contributed by atoms with van der Waals surface area (Å²) in [6.07, 6.45) is 3.30. The van der Waals surface area contributed by atoms with Crippen LogP contribution >= 0.6 is 11.8 Å². The highest BCUT2D eigenvalue weighted by Crippen LogP contribution is 2.18. The van der Waals surface area contributed by atoms with Crippen molar-refractivity contribution < 1.29 is 14.3 Å². The van der Waals surface area contributed by atoms with Gasteiger partial charge in [-0.1, -0.05) is 62.7 Å². The van der Waals surface area contributed by atoms with Gasteiger partial charge < -0.3 is 15.0 Å². The van der Waals surface area contributed by atoms with Crippen molar-refractivity contribution in [3.8, 4) is 5.75 Å². The first-order chi connectivity index (χ1) is 15.6. The van der Waals surface area contributed by atoms with Crippen LogP contribution in [0, 0.1) is 0 Å². The minimum absolute atomic E-state index is 0.0111. The first-order valence-electron chi connectivity index (χ1n) is 11.4. The summed E-state index contributed by atoms with van der Waals surface area (Å²) < 4.78 is 5.20. The van der Waals surface area contributed by atoms with Crippen LogP contribution in [-0.2, 0) is 21.8 Å². The number of ether oxygens (including phenoxy) is 1. The van der Waals surface area contributed by atoms with Crippen LogP contribution in [0.25, 0.3) is 0 Å². The average Bonchev–Trinajstić information content (AvgIpc) is 2.82. The second-order valence-electron chi connectivity index (χ2n) is 7.73. The van der Waals surface area contributed by atoms with Gasteiger partial charge in [0.05, 0.1) is 12.9 Å². The Hall–Kier alpha value is -2.47. The van der Waals surface area contributed by atoms with Crippen LogP contribution in [0.15, 0.2) is 54.6 Å². The predicted molar refractivity (Wildman–Crippen MR) is 133 cm³/mol. The quantitative estimate of drug-likeness (QED) is 0.419. The fourth-order valence-corrected chi connectivity index (χ4v) is 4.33. The van der Waals surface area contributed by atoms with E-state index in [4.69, 9.17) is 4.74 Å². The molecule has 0 radical (unpaired) electrons. The molecule has 0 fully saturated rings. The third-order valence-electron chi connectivity index (χ3n) is 5.35. The van der Waals surface area contributed by atoms with Gasteiger partial charge in [-0.15, -0.1) is 11.8 Å². The van der Waals surface area contributed by atoms with E-state index in [9.17, 15) is 9.59 Å². The number of hydrogen-bond donors (Lipinski definition) is 1. The largest absolute Gasteiger partial charge is 0.497 e. The molecular weight excluding hydrogens is 420 g/mol. The molecular formula is C26H36N2O3S. The molecule has 174 valence electrons. The van der Waals surface area contributed by atoms with E-state index >= 15 is 0 Å². The second-order valence-corrected chi connectivity index (χ2v) is 8.72. The molecule has 0 saturated carbocycles. The van der Waals surface area contributed by atoms with Crippen molar-refractivity contribution in [3.05, 3.63) is 65.7 Å². The molecule has 0 aliphatic carbocycles. The van der Waals surface area contributed by atoms with Crippen molar-refractivity contribution in [1.82, 2.24) is 10.2 Å². The minimum Gasteiger partial charge on any atom is -0.497 e. The van der Waals surface area contributed by atoms with E-state index in [0.717, 1.165) is 41.9 Å². The number of benzene rings is 2. The van der Waals surface area contributed by atoms with Gasteiger partial charge in [-0.3, -0.25) is 9.59 Å². The highest BCUT2D eigenvalue weighted by molar-refractivity contribution is 7.99. The number of amides is 2. The monoisotopic (exact) mass is 456 g/mol. The van der Waals surface area contributed by atoms with Crippen LogP contribution in [0.1, 0.15) is 44.2 Å². The van der Waals surface area contributed by atoms with Crippen molar-refractivity contribution in [1.29, 1.82) is 0 Å². The zero-order valence-corrected chi connectivity index (χ0v) is 20.3. The number of thioether (sulfide) groups is 1. The molecule has 6 heteroatoms. The van der Waals surface area contributed by atoms with Crippen LogP contribution in [0.3, 0.4) is 0 Å². The molecule has 2 rings (SSSR count). The molecule has 0 spiro atoms. The van der Waals surface area contributed by atoms with Gasteiger partial charge in [-0.2, -0.15) is 0 Å². The summed E-state index contributed by atoms with van der Waals surface area (Å²) in [6.45, 7) is 5.25. The van der Waals surface area contributed by atoms with Gasteiger partial charge >= 0.3 is 0 Å². The molecule has 1 atom stereocenters. The summed E-state index contributed by atoms with van der Waals surface area (Å²) in [5.41, 5.74) is 2.31. The van der Waals surface area contributed by atoms with Gasteiger partial charge in [-0.25, -0.2) is 0 Å². The maximum absolute atomic E-state index is 13.2. The van der Waals surface area contributed by atoms with E-state index in [1.807, 2.05) is 49.4 Å². The molecule has 0 bridgehead atoms. The van der Waals surface area contributed by atoms with E-state index < -0.39 is 6.04 Å². The first-order valence-corrected chi connectivity index (χ1v) is 12.6. The Balaban J connectivity index is 2.01. The summed E-state index contributed by atoms with van der Waals surface area (Å²) in [7, 11) is 1.65. The third kappa shape index (κ3) is 8.58. The smallest absolute Gasteiger partial charge is 0.242 e. The Bertz CT molecular complexity index is 812. The van der Waals surface area contributed by atoms with Gasteiger partial charge in [0, 0.05) is 18.8 Å². The van der Waals surface area contributed by atoms with Crippen LogP contribution < -0.4 is 10.1 Å². The summed E-state index contributed by atoms with van der Waals surface area (Å²) in [6, 6.07) is 17.5. The fourth-order valence-electron chi connectivity index (χ4n) is 3.46. The lowest BCUT2D eigenvalue weighted by Gasteiger charge is -2.30. The number of unbranched alkanes of at least 4 members (excludes halogenated alkanes) is 1. The Labute approximate surface area is 196 Å². The first kappa shape index (κ1) is 25.8. The average molecular weight is 457 g/mol. The molecule has 0 heterocycles. The topological polar surface area (TPSA) is 58.6 Å². The Morgan fingerprint density at radius 1 is 1.03 bits per heavy atom. The lowest BCUT2D eigenvalue weighted by atomic mass is 10.1. The van der Waals surface area contributed by atoms with Crippen LogP contribution in [0.2, 0.25) is 0 Å². The van der Waals surface area contributed by atoms with Crippen molar-refractivity contribution in [2.75, 3.05) is 26.0 Å². The Morgan fingerprint density at radius 2 is 1.75 bits per heavy atom. The molecule has 0 aromatic heterocycles. The number of rotatable bonds is 14. The van der Waals surface area contributed by atoms with Crippen LogP contribution in [0.5, 0.6) is 5.75 Å². The molecule has 32 heavy (non-hydrogen) atoms. The lowest BCUT2D eigenvalue weighted by Crippen LogP contribution is -2.50. The number of methoxy groups -OCH3 is 1. The maximum Gasteiger partial charge on any atom is 0.242 e. The van der Waals surface area contributed by atoms with E-state index in [1.165, 1.54) is 0 Å². The molecule has 0 unspecified atom stereocenters.